The highest BCUT2D eigenvalue weighted by Crippen LogP contribution is 2.25. The summed E-state index contributed by atoms with van der Waals surface area (Å²) in [4.78, 5) is 32.4. The maximum Gasteiger partial charge on any atom is 0.347 e. The summed E-state index contributed by atoms with van der Waals surface area (Å²) in [6.07, 6.45) is 2.42. The molecule has 0 bridgehead atoms. The van der Waals surface area contributed by atoms with Crippen molar-refractivity contribution in [3.05, 3.63) is 48.0 Å². The summed E-state index contributed by atoms with van der Waals surface area (Å²) in [7, 11) is -3.55. The topological polar surface area (TPSA) is 139 Å². The second kappa shape index (κ2) is 14.8. The van der Waals surface area contributed by atoms with Crippen LogP contribution in [0.15, 0.2) is 42.5 Å². The number of sulfone groups is 1. The van der Waals surface area contributed by atoms with Crippen molar-refractivity contribution in [3.63, 3.8) is 0 Å². The molecule has 11 heteroatoms. The lowest BCUT2D eigenvalue weighted by molar-refractivity contribution is -0.236. The van der Waals surface area contributed by atoms with E-state index in [2.05, 4.69) is 17.9 Å². The van der Waals surface area contributed by atoms with E-state index in [4.69, 9.17) is 10.6 Å². The van der Waals surface area contributed by atoms with E-state index in [1.54, 1.807) is 0 Å². The number of nitrogens with zero attached hydrogens (tertiary/aromatic N) is 1. The van der Waals surface area contributed by atoms with Gasteiger partial charge in [-0.15, -0.1) is 0 Å². The molecular formula is C27H41N3O6S2. The van der Waals surface area contributed by atoms with Crippen molar-refractivity contribution >= 4 is 45.1 Å². The predicted octanol–water partition coefficient (Wildman–Crippen LogP) is 3.03. The first-order valence-corrected chi connectivity index (χ1v) is 15.6. The molecular weight excluding hydrogens is 526 g/mol. The molecule has 0 aliphatic heterocycles. The average molecular weight is 568 g/mol. The van der Waals surface area contributed by atoms with Gasteiger partial charge in [0.25, 0.3) is 0 Å². The number of benzene rings is 2. The number of rotatable bonds is 17. The maximum atomic E-state index is 13.7. The van der Waals surface area contributed by atoms with E-state index in [1.807, 2.05) is 56.3 Å². The van der Waals surface area contributed by atoms with Gasteiger partial charge in [-0.3, -0.25) is 14.9 Å². The lowest BCUT2D eigenvalue weighted by atomic mass is 10.00. The van der Waals surface area contributed by atoms with Gasteiger partial charge in [-0.1, -0.05) is 62.7 Å². The molecule has 2 aromatic rings. The van der Waals surface area contributed by atoms with E-state index in [-0.39, 0.29) is 25.3 Å². The minimum atomic E-state index is -3.55. The number of aryl methyl sites for hydroxylation is 1. The van der Waals surface area contributed by atoms with Gasteiger partial charge in [0.2, 0.25) is 11.6 Å². The first kappa shape index (κ1) is 32.0. The molecule has 3 atom stereocenters. The lowest BCUT2D eigenvalue weighted by Gasteiger charge is -2.40. The fourth-order valence-corrected chi connectivity index (χ4v) is 4.82. The Hall–Kier alpha value is -2.18. The summed E-state index contributed by atoms with van der Waals surface area (Å²) in [5, 5.41) is 16.2. The van der Waals surface area contributed by atoms with E-state index in [1.165, 1.54) is 0 Å². The van der Waals surface area contributed by atoms with Gasteiger partial charge in [-0.25, -0.2) is 13.2 Å². The number of aliphatic carboxylic acids is 1. The number of thiol groups is 1. The number of carbonyl (C=O) groups excluding carboxylic acids is 1. The smallest absolute Gasteiger partial charge is 0.347 e. The van der Waals surface area contributed by atoms with Crippen LogP contribution in [-0.4, -0.2) is 73.1 Å². The third-order valence-electron chi connectivity index (χ3n) is 6.67. The molecule has 0 aromatic heterocycles. The van der Waals surface area contributed by atoms with Crippen LogP contribution in [0.4, 0.5) is 0 Å². The number of hydrogen-bond donors (Lipinski definition) is 4. The summed E-state index contributed by atoms with van der Waals surface area (Å²) in [5.41, 5.74) is 4.80. The zero-order valence-electron chi connectivity index (χ0n) is 22.4. The zero-order valence-corrected chi connectivity index (χ0v) is 24.1. The van der Waals surface area contributed by atoms with Gasteiger partial charge in [0.05, 0.1) is 12.4 Å². The molecule has 2 aromatic carbocycles. The molecule has 212 valence electrons. The Balaban J connectivity index is 2.43. The van der Waals surface area contributed by atoms with Crippen molar-refractivity contribution in [1.29, 1.82) is 0 Å². The maximum absolute atomic E-state index is 13.7. The number of carboxylic acid groups (broad SMARTS) is 1. The summed E-state index contributed by atoms with van der Waals surface area (Å²) in [6, 6.07) is 13.1. The van der Waals surface area contributed by atoms with E-state index in [0.717, 1.165) is 34.1 Å². The van der Waals surface area contributed by atoms with Gasteiger partial charge in [0.15, 0.2) is 0 Å². The molecule has 0 saturated heterocycles. The van der Waals surface area contributed by atoms with Crippen molar-refractivity contribution in [3.8, 4) is 0 Å². The first-order chi connectivity index (χ1) is 17.9. The van der Waals surface area contributed by atoms with Crippen LogP contribution in [0.25, 0.3) is 10.8 Å². The van der Waals surface area contributed by atoms with Crippen molar-refractivity contribution in [2.75, 3.05) is 30.9 Å². The second-order valence-corrected chi connectivity index (χ2v) is 12.5. The standard InChI is InChI=1S/C27H41N3O6S2/c1-4-20(2)14-16-36-30(25(31)13-12-22-10-7-9-21-8-5-6-11-24(21)22)27(26(32)33,15-17-38(3,34)35)29-18-23(28)19-37/h5-11,20,23,29,37H,4,12-19,28H2,1-3H3,(H,32,33)/t20-,23?,27-/m0/s1. The largest absolute Gasteiger partial charge is 0.478 e. The monoisotopic (exact) mass is 567 g/mol. The Morgan fingerprint density at radius 1 is 1.21 bits per heavy atom. The SMILES string of the molecule is CC[C@H](C)CCON(C(=O)CCc1cccc2ccccc12)[C@](CCS(C)(=O)=O)(NCC(N)CS)C(=O)O. The molecule has 0 aliphatic rings. The molecule has 1 unspecified atom stereocenters. The molecule has 0 radical (unpaired) electrons. The van der Waals surface area contributed by atoms with Gasteiger partial charge in [0, 0.05) is 37.4 Å². The summed E-state index contributed by atoms with van der Waals surface area (Å²) < 4.78 is 24.1. The summed E-state index contributed by atoms with van der Waals surface area (Å²) in [6.45, 7) is 4.16. The highest BCUT2D eigenvalue weighted by atomic mass is 32.2. The Kier molecular flexibility index (Phi) is 12.5. The van der Waals surface area contributed by atoms with E-state index in [0.29, 0.717) is 18.8 Å². The highest BCUT2D eigenvalue weighted by molar-refractivity contribution is 7.90. The molecule has 0 heterocycles. The minimum absolute atomic E-state index is 0.0125. The van der Waals surface area contributed by atoms with Crippen LogP contribution in [0, 0.1) is 5.92 Å². The molecule has 0 fully saturated rings. The van der Waals surface area contributed by atoms with Crippen molar-refractivity contribution < 1.29 is 28.0 Å². The number of carboxylic acids is 1. The van der Waals surface area contributed by atoms with Crippen molar-refractivity contribution in [1.82, 2.24) is 10.4 Å². The fraction of sp³-hybridized carbons (Fsp3) is 0.556. The third kappa shape index (κ3) is 9.23. The Morgan fingerprint density at radius 3 is 2.53 bits per heavy atom. The van der Waals surface area contributed by atoms with Gasteiger partial charge in [-0.2, -0.15) is 17.7 Å². The van der Waals surface area contributed by atoms with Crippen molar-refractivity contribution in [2.24, 2.45) is 11.7 Å². The molecule has 0 spiro atoms. The molecule has 1 amide bonds. The third-order valence-corrected chi connectivity index (χ3v) is 8.08. The number of amides is 1. The van der Waals surface area contributed by atoms with Crippen LogP contribution in [0.1, 0.15) is 45.1 Å². The van der Waals surface area contributed by atoms with Crippen LogP contribution >= 0.6 is 12.6 Å². The predicted molar refractivity (Wildman–Crippen MR) is 154 cm³/mol. The van der Waals surface area contributed by atoms with Gasteiger partial charge < -0.3 is 10.8 Å². The highest BCUT2D eigenvalue weighted by Gasteiger charge is 2.48. The van der Waals surface area contributed by atoms with Crippen LogP contribution in [0.5, 0.6) is 0 Å². The quantitative estimate of drug-likeness (QED) is 0.130. The number of hydroxylamine groups is 2. The normalized spacial score (nSPS) is 15.1. The van der Waals surface area contributed by atoms with Crippen LogP contribution < -0.4 is 11.1 Å². The van der Waals surface area contributed by atoms with E-state index >= 15 is 0 Å². The van der Waals surface area contributed by atoms with E-state index in [9.17, 15) is 23.1 Å². The summed E-state index contributed by atoms with van der Waals surface area (Å²) >= 11 is 4.16. The van der Waals surface area contributed by atoms with Gasteiger partial charge in [0.1, 0.15) is 9.84 Å². The lowest BCUT2D eigenvalue weighted by Crippen LogP contribution is -2.67. The number of nitrogens with two attached hydrogens (primary N) is 1. The molecule has 0 saturated carbocycles. The molecule has 38 heavy (non-hydrogen) atoms. The minimum Gasteiger partial charge on any atom is -0.478 e. The second-order valence-electron chi connectivity index (χ2n) is 9.83. The number of fused-ring (bicyclic) bond motifs is 1. The number of carbonyl (C=O) groups is 2. The number of hydrogen-bond acceptors (Lipinski definition) is 8. The van der Waals surface area contributed by atoms with Crippen LogP contribution in [-0.2, 0) is 30.7 Å². The molecule has 4 N–H and O–H groups in total. The Bertz CT molecular complexity index is 1170. The van der Waals surface area contributed by atoms with Crippen molar-refractivity contribution in [2.45, 2.75) is 57.7 Å². The van der Waals surface area contributed by atoms with E-state index < -0.39 is 45.6 Å². The first-order valence-electron chi connectivity index (χ1n) is 12.9. The molecule has 9 nitrogen and oxygen atoms in total. The average Bonchev–Trinajstić information content (AvgIpc) is 2.89. The number of nitrogens with one attached hydrogen (secondary N) is 1. The van der Waals surface area contributed by atoms with Crippen LogP contribution in [0.2, 0.25) is 0 Å². The summed E-state index contributed by atoms with van der Waals surface area (Å²) in [5.74, 6) is -1.90. The molecule has 0 aliphatic carbocycles. The molecule has 2 rings (SSSR count). The van der Waals surface area contributed by atoms with Gasteiger partial charge >= 0.3 is 5.97 Å². The van der Waals surface area contributed by atoms with Gasteiger partial charge in [-0.05, 0) is 35.1 Å². The fourth-order valence-electron chi connectivity index (χ4n) is 4.03. The van der Waals surface area contributed by atoms with Crippen LogP contribution in [0.3, 0.4) is 0 Å². The zero-order chi connectivity index (χ0) is 28.3. The Labute approximate surface area is 231 Å². The Morgan fingerprint density at radius 2 is 1.89 bits per heavy atom.